The SMILES string of the molecule is CCOC(=O)C(CC(Cc1ccc(-c2cc(Cl)ccc2F)cc1)NC(=O)c1cn[nH]n1)NCCOC. The average Bonchev–Trinajstić information content (AvgIpc) is 3.41. The number of nitrogens with one attached hydrogen (secondary N) is 3. The van der Waals surface area contributed by atoms with Crippen molar-refractivity contribution < 1.29 is 23.5 Å². The third-order valence-electron chi connectivity index (χ3n) is 5.45. The van der Waals surface area contributed by atoms with E-state index in [9.17, 15) is 14.0 Å². The number of hydrogen-bond acceptors (Lipinski definition) is 7. The van der Waals surface area contributed by atoms with E-state index < -0.39 is 24.0 Å². The number of H-pyrrole nitrogens is 1. The minimum Gasteiger partial charge on any atom is -0.465 e. The first-order valence-electron chi connectivity index (χ1n) is 11.5. The zero-order valence-corrected chi connectivity index (χ0v) is 20.8. The maximum atomic E-state index is 14.3. The van der Waals surface area contributed by atoms with Crippen LogP contribution >= 0.6 is 11.6 Å². The van der Waals surface area contributed by atoms with Gasteiger partial charge in [-0.05, 0) is 49.1 Å². The van der Waals surface area contributed by atoms with Crippen molar-refractivity contribution in [3.63, 3.8) is 0 Å². The van der Waals surface area contributed by atoms with Gasteiger partial charge in [0.25, 0.3) is 5.91 Å². The number of esters is 1. The van der Waals surface area contributed by atoms with Crippen molar-refractivity contribution >= 4 is 23.5 Å². The summed E-state index contributed by atoms with van der Waals surface area (Å²) in [4.78, 5) is 25.3. The maximum Gasteiger partial charge on any atom is 0.323 e. The molecule has 1 amide bonds. The number of aromatic nitrogens is 3. The first-order chi connectivity index (χ1) is 17.4. The van der Waals surface area contributed by atoms with Crippen LogP contribution in [0.5, 0.6) is 0 Å². The summed E-state index contributed by atoms with van der Waals surface area (Å²) in [5.41, 5.74) is 2.08. The summed E-state index contributed by atoms with van der Waals surface area (Å²) in [6.07, 6.45) is 1.99. The number of benzene rings is 2. The fourth-order valence-corrected chi connectivity index (χ4v) is 3.88. The van der Waals surface area contributed by atoms with Crippen LogP contribution in [0.1, 0.15) is 29.4 Å². The number of hydrogen-bond donors (Lipinski definition) is 3. The van der Waals surface area contributed by atoms with Gasteiger partial charge in [-0.1, -0.05) is 35.9 Å². The summed E-state index contributed by atoms with van der Waals surface area (Å²) in [6.45, 7) is 2.81. The van der Waals surface area contributed by atoms with Crippen molar-refractivity contribution in [3.05, 3.63) is 70.8 Å². The number of carbonyl (C=O) groups is 2. The number of nitrogens with zero attached hydrogens (tertiary/aromatic N) is 2. The predicted molar refractivity (Wildman–Crippen MR) is 133 cm³/mol. The first-order valence-corrected chi connectivity index (χ1v) is 11.9. The second kappa shape index (κ2) is 13.7. The summed E-state index contributed by atoms with van der Waals surface area (Å²) in [7, 11) is 1.57. The Morgan fingerprint density at radius 3 is 2.64 bits per heavy atom. The summed E-state index contributed by atoms with van der Waals surface area (Å²) in [6, 6.07) is 10.6. The van der Waals surface area contributed by atoms with Crippen molar-refractivity contribution in [1.29, 1.82) is 0 Å². The smallest absolute Gasteiger partial charge is 0.323 e. The highest BCUT2D eigenvalue weighted by Crippen LogP contribution is 2.26. The van der Waals surface area contributed by atoms with Crippen molar-refractivity contribution in [2.45, 2.75) is 31.8 Å². The molecule has 0 bridgehead atoms. The van der Waals surface area contributed by atoms with E-state index in [4.69, 9.17) is 21.1 Å². The normalized spacial score (nSPS) is 12.7. The van der Waals surface area contributed by atoms with E-state index >= 15 is 0 Å². The van der Waals surface area contributed by atoms with Crippen LogP contribution in [0.15, 0.2) is 48.7 Å². The molecule has 3 aromatic rings. The van der Waals surface area contributed by atoms with Crippen molar-refractivity contribution in [3.8, 4) is 11.1 Å². The molecule has 0 radical (unpaired) electrons. The summed E-state index contributed by atoms with van der Waals surface area (Å²) >= 11 is 6.03. The van der Waals surface area contributed by atoms with Crippen LogP contribution in [0.25, 0.3) is 11.1 Å². The van der Waals surface area contributed by atoms with Gasteiger partial charge in [0.2, 0.25) is 0 Å². The van der Waals surface area contributed by atoms with Crippen molar-refractivity contribution in [2.24, 2.45) is 0 Å². The van der Waals surface area contributed by atoms with Gasteiger partial charge >= 0.3 is 5.97 Å². The zero-order chi connectivity index (χ0) is 25.9. The van der Waals surface area contributed by atoms with Crippen LogP contribution < -0.4 is 10.6 Å². The van der Waals surface area contributed by atoms with Gasteiger partial charge in [0.1, 0.15) is 11.9 Å². The Morgan fingerprint density at radius 2 is 1.97 bits per heavy atom. The van der Waals surface area contributed by atoms with Gasteiger partial charge in [0, 0.05) is 30.3 Å². The second-order valence-corrected chi connectivity index (χ2v) is 8.47. The lowest BCUT2D eigenvalue weighted by molar-refractivity contribution is -0.146. The molecule has 2 unspecified atom stereocenters. The topological polar surface area (TPSA) is 118 Å². The molecular weight excluding hydrogens is 489 g/mol. The highest BCUT2D eigenvalue weighted by molar-refractivity contribution is 6.30. The van der Waals surface area contributed by atoms with E-state index in [0.29, 0.717) is 35.7 Å². The first kappa shape index (κ1) is 27.3. The molecule has 2 atom stereocenters. The number of amides is 1. The highest BCUT2D eigenvalue weighted by atomic mass is 35.5. The van der Waals surface area contributed by atoms with Gasteiger partial charge in [-0.3, -0.25) is 9.59 Å². The molecule has 0 spiro atoms. The minimum atomic E-state index is -0.664. The molecule has 1 aromatic heterocycles. The fraction of sp³-hybridized carbons (Fsp3) is 0.360. The fourth-order valence-electron chi connectivity index (χ4n) is 3.71. The Hall–Kier alpha value is -3.34. The Bertz CT molecular complexity index is 1130. The molecule has 192 valence electrons. The Morgan fingerprint density at radius 1 is 1.19 bits per heavy atom. The molecule has 36 heavy (non-hydrogen) atoms. The number of halogens is 2. The number of carbonyl (C=O) groups excluding carboxylic acids is 2. The largest absolute Gasteiger partial charge is 0.465 e. The summed E-state index contributed by atoms with van der Waals surface area (Å²) in [5.74, 6) is -1.21. The minimum absolute atomic E-state index is 0.131. The van der Waals surface area contributed by atoms with Gasteiger partial charge in [-0.25, -0.2) is 4.39 Å². The molecule has 0 saturated heterocycles. The van der Waals surface area contributed by atoms with Crippen LogP contribution in [0.4, 0.5) is 4.39 Å². The number of aromatic amines is 1. The van der Waals surface area contributed by atoms with Crippen LogP contribution in [0.3, 0.4) is 0 Å². The Balaban J connectivity index is 1.79. The number of methoxy groups -OCH3 is 1. The third-order valence-corrected chi connectivity index (χ3v) is 5.68. The molecule has 0 saturated carbocycles. The molecule has 0 aliphatic heterocycles. The lowest BCUT2D eigenvalue weighted by Gasteiger charge is -2.24. The molecule has 1 heterocycles. The number of ether oxygens (including phenoxy) is 2. The average molecular weight is 518 g/mol. The van der Waals surface area contributed by atoms with E-state index in [2.05, 4.69) is 26.0 Å². The van der Waals surface area contributed by atoms with Gasteiger partial charge in [-0.15, -0.1) is 0 Å². The van der Waals surface area contributed by atoms with Gasteiger partial charge in [0.05, 0.1) is 19.4 Å². The maximum absolute atomic E-state index is 14.3. The predicted octanol–water partition coefficient (Wildman–Crippen LogP) is 3.16. The van der Waals surface area contributed by atoms with Crippen LogP contribution in [0, 0.1) is 5.82 Å². The van der Waals surface area contributed by atoms with Gasteiger partial charge in [0.15, 0.2) is 5.69 Å². The molecule has 0 aliphatic carbocycles. The van der Waals surface area contributed by atoms with E-state index in [0.717, 1.165) is 5.56 Å². The van der Waals surface area contributed by atoms with E-state index in [1.165, 1.54) is 18.3 Å². The van der Waals surface area contributed by atoms with Crippen LogP contribution in [-0.2, 0) is 20.7 Å². The van der Waals surface area contributed by atoms with Crippen LogP contribution in [0.2, 0.25) is 5.02 Å². The summed E-state index contributed by atoms with van der Waals surface area (Å²) < 4.78 is 24.6. The molecule has 9 nitrogen and oxygen atoms in total. The monoisotopic (exact) mass is 517 g/mol. The quantitative estimate of drug-likeness (QED) is 0.235. The lowest BCUT2D eigenvalue weighted by Crippen LogP contribution is -2.47. The molecular formula is C25H29ClFN5O4. The zero-order valence-electron chi connectivity index (χ0n) is 20.1. The van der Waals surface area contributed by atoms with E-state index in [-0.39, 0.29) is 24.5 Å². The van der Waals surface area contributed by atoms with Gasteiger partial charge < -0.3 is 20.1 Å². The van der Waals surface area contributed by atoms with E-state index in [1.807, 2.05) is 12.1 Å². The number of rotatable bonds is 13. The molecule has 0 aliphatic rings. The van der Waals surface area contributed by atoms with E-state index in [1.54, 1.807) is 32.2 Å². The van der Waals surface area contributed by atoms with Crippen molar-refractivity contribution in [1.82, 2.24) is 26.0 Å². The Labute approximate surface area is 213 Å². The lowest BCUT2D eigenvalue weighted by atomic mass is 9.96. The molecule has 3 rings (SSSR count). The third kappa shape index (κ3) is 7.84. The van der Waals surface area contributed by atoms with Crippen LogP contribution in [-0.4, -0.2) is 66.2 Å². The highest BCUT2D eigenvalue weighted by Gasteiger charge is 2.26. The van der Waals surface area contributed by atoms with Crippen molar-refractivity contribution in [2.75, 3.05) is 26.9 Å². The standard InChI is InChI=1S/C25H29ClFN5O4/c1-3-36-25(34)22(28-10-11-35-2)14-19(30-24(33)23-15-29-32-31-23)12-16-4-6-17(7-5-16)20-13-18(26)8-9-21(20)27/h4-9,13,15,19,22,28H,3,10-12,14H2,1-2H3,(H,30,33)(H,29,31,32). The summed E-state index contributed by atoms with van der Waals surface area (Å²) in [5, 5.41) is 16.4. The second-order valence-electron chi connectivity index (χ2n) is 8.04. The molecule has 0 fully saturated rings. The molecule has 3 N–H and O–H groups in total. The van der Waals surface area contributed by atoms with Gasteiger partial charge in [-0.2, -0.15) is 15.4 Å². The molecule has 2 aromatic carbocycles. The molecule has 11 heteroatoms. The Kier molecular flexibility index (Phi) is 10.3.